The molecule has 2 N–H and O–H groups in total. The van der Waals surface area contributed by atoms with Crippen LogP contribution in [0.4, 0.5) is 0 Å². The Balaban J connectivity index is 1.57. The first kappa shape index (κ1) is 13.6. The van der Waals surface area contributed by atoms with E-state index in [4.69, 9.17) is 0 Å². The Hall–Kier alpha value is -1.39. The molecule has 0 saturated carbocycles. The van der Waals surface area contributed by atoms with Gasteiger partial charge in [-0.1, -0.05) is 13.0 Å². The number of fused-ring (bicyclic) bond motifs is 1. The number of nitrogens with one attached hydrogen (secondary N) is 2. The summed E-state index contributed by atoms with van der Waals surface area (Å²) < 4.78 is 0. The maximum Gasteiger partial charge on any atom is 0.104 e. The Labute approximate surface area is 120 Å². The number of imidazole rings is 1. The molecular formula is C16H24N4. The zero-order chi connectivity index (χ0) is 13.9. The van der Waals surface area contributed by atoms with Crippen molar-refractivity contribution in [3.8, 4) is 0 Å². The molecule has 0 spiro atoms. The van der Waals surface area contributed by atoms with Gasteiger partial charge in [-0.3, -0.25) is 0 Å². The van der Waals surface area contributed by atoms with Crippen molar-refractivity contribution in [3.05, 3.63) is 29.6 Å². The van der Waals surface area contributed by atoms with Crippen LogP contribution in [-0.4, -0.2) is 40.5 Å². The molecule has 0 bridgehead atoms. The molecule has 0 unspecified atom stereocenters. The largest absolute Gasteiger partial charge is 0.342 e. The molecule has 2 aromatic rings. The Morgan fingerprint density at radius 1 is 1.35 bits per heavy atom. The molecule has 1 aliphatic heterocycles. The highest BCUT2D eigenvalue weighted by Gasteiger charge is 2.17. The molecule has 108 valence electrons. The SMILES string of the molecule is CCN1CCC(NCc2ccc3nc(C)[nH]c3c2)CC1. The van der Waals surface area contributed by atoms with E-state index in [1.807, 2.05) is 6.92 Å². The van der Waals surface area contributed by atoms with Gasteiger partial charge in [-0.15, -0.1) is 0 Å². The second-order valence-corrected chi connectivity index (χ2v) is 5.76. The smallest absolute Gasteiger partial charge is 0.104 e. The highest BCUT2D eigenvalue weighted by atomic mass is 15.1. The molecule has 0 radical (unpaired) electrons. The van der Waals surface area contributed by atoms with Gasteiger partial charge in [0.15, 0.2) is 0 Å². The number of aryl methyl sites for hydroxylation is 1. The maximum atomic E-state index is 4.44. The maximum absolute atomic E-state index is 4.44. The van der Waals surface area contributed by atoms with Gasteiger partial charge >= 0.3 is 0 Å². The molecule has 3 rings (SSSR count). The third-order valence-electron chi connectivity index (χ3n) is 4.29. The van der Waals surface area contributed by atoms with Crippen LogP contribution in [0.3, 0.4) is 0 Å². The summed E-state index contributed by atoms with van der Waals surface area (Å²) in [6, 6.07) is 7.16. The van der Waals surface area contributed by atoms with Gasteiger partial charge in [-0.2, -0.15) is 0 Å². The number of likely N-dealkylation sites (tertiary alicyclic amines) is 1. The molecule has 0 amide bonds. The lowest BCUT2D eigenvalue weighted by Gasteiger charge is -2.31. The van der Waals surface area contributed by atoms with Crippen LogP contribution >= 0.6 is 0 Å². The molecular weight excluding hydrogens is 248 g/mol. The lowest BCUT2D eigenvalue weighted by atomic mass is 10.0. The minimum atomic E-state index is 0.664. The van der Waals surface area contributed by atoms with Crippen molar-refractivity contribution in [1.82, 2.24) is 20.2 Å². The number of benzene rings is 1. The summed E-state index contributed by atoms with van der Waals surface area (Å²) in [5.74, 6) is 0.983. The topological polar surface area (TPSA) is 44.0 Å². The van der Waals surface area contributed by atoms with E-state index in [0.29, 0.717) is 6.04 Å². The van der Waals surface area contributed by atoms with E-state index >= 15 is 0 Å². The fraction of sp³-hybridized carbons (Fsp3) is 0.562. The van der Waals surface area contributed by atoms with Gasteiger partial charge in [0.05, 0.1) is 11.0 Å². The average molecular weight is 272 g/mol. The normalized spacial score (nSPS) is 17.9. The highest BCUT2D eigenvalue weighted by molar-refractivity contribution is 5.75. The van der Waals surface area contributed by atoms with Crippen LogP contribution in [0.1, 0.15) is 31.2 Å². The third-order valence-corrected chi connectivity index (χ3v) is 4.29. The summed E-state index contributed by atoms with van der Waals surface area (Å²) in [5.41, 5.74) is 3.53. The number of aromatic amines is 1. The highest BCUT2D eigenvalue weighted by Crippen LogP contribution is 2.15. The predicted octanol–water partition coefficient (Wildman–Crippen LogP) is 2.45. The number of rotatable bonds is 4. The summed E-state index contributed by atoms with van der Waals surface area (Å²) in [4.78, 5) is 10.3. The summed E-state index contributed by atoms with van der Waals surface area (Å²) in [5, 5.41) is 3.69. The molecule has 1 saturated heterocycles. The lowest BCUT2D eigenvalue weighted by Crippen LogP contribution is -2.42. The second-order valence-electron chi connectivity index (χ2n) is 5.76. The Bertz CT molecular complexity index is 567. The van der Waals surface area contributed by atoms with Gasteiger partial charge in [0.1, 0.15) is 5.82 Å². The summed E-state index contributed by atoms with van der Waals surface area (Å²) in [6.45, 7) is 8.84. The number of hydrogen-bond acceptors (Lipinski definition) is 3. The molecule has 0 atom stereocenters. The van der Waals surface area contributed by atoms with Crippen LogP contribution in [0.15, 0.2) is 18.2 Å². The summed E-state index contributed by atoms with van der Waals surface area (Å²) >= 11 is 0. The second kappa shape index (κ2) is 5.94. The molecule has 20 heavy (non-hydrogen) atoms. The molecule has 4 nitrogen and oxygen atoms in total. The molecule has 2 heterocycles. The lowest BCUT2D eigenvalue weighted by molar-refractivity contribution is 0.206. The van der Waals surface area contributed by atoms with Crippen molar-refractivity contribution in [2.75, 3.05) is 19.6 Å². The zero-order valence-corrected chi connectivity index (χ0v) is 12.4. The monoisotopic (exact) mass is 272 g/mol. The van der Waals surface area contributed by atoms with Crippen molar-refractivity contribution < 1.29 is 0 Å². The number of hydrogen-bond donors (Lipinski definition) is 2. The van der Waals surface area contributed by atoms with Crippen molar-refractivity contribution in [1.29, 1.82) is 0 Å². The van der Waals surface area contributed by atoms with Crippen molar-refractivity contribution in [3.63, 3.8) is 0 Å². The van der Waals surface area contributed by atoms with Crippen LogP contribution in [-0.2, 0) is 6.54 Å². The summed E-state index contributed by atoms with van der Waals surface area (Å²) in [6.07, 6.45) is 2.53. The molecule has 1 aromatic heterocycles. The van der Waals surface area contributed by atoms with Crippen LogP contribution in [0, 0.1) is 6.92 Å². The third kappa shape index (κ3) is 3.02. The van der Waals surface area contributed by atoms with E-state index in [2.05, 4.69) is 45.3 Å². The van der Waals surface area contributed by atoms with E-state index in [9.17, 15) is 0 Å². The van der Waals surface area contributed by atoms with Gasteiger partial charge in [-0.05, 0) is 57.1 Å². The molecule has 1 fully saturated rings. The van der Waals surface area contributed by atoms with Crippen molar-refractivity contribution in [2.45, 2.75) is 39.3 Å². The Morgan fingerprint density at radius 3 is 2.90 bits per heavy atom. The summed E-state index contributed by atoms with van der Waals surface area (Å²) in [7, 11) is 0. The average Bonchev–Trinajstić information content (AvgIpc) is 2.85. The number of piperidine rings is 1. The van der Waals surface area contributed by atoms with E-state index in [0.717, 1.165) is 23.4 Å². The molecule has 1 aromatic carbocycles. The van der Waals surface area contributed by atoms with Gasteiger partial charge in [0.25, 0.3) is 0 Å². The van der Waals surface area contributed by atoms with Crippen molar-refractivity contribution >= 4 is 11.0 Å². The number of H-pyrrole nitrogens is 1. The van der Waals surface area contributed by atoms with Crippen LogP contribution in [0.5, 0.6) is 0 Å². The molecule has 4 heteroatoms. The minimum absolute atomic E-state index is 0.664. The predicted molar refractivity (Wildman–Crippen MR) is 82.8 cm³/mol. The van der Waals surface area contributed by atoms with Crippen LogP contribution in [0.2, 0.25) is 0 Å². The Kier molecular flexibility index (Phi) is 4.03. The first-order valence-corrected chi connectivity index (χ1v) is 7.65. The fourth-order valence-corrected chi connectivity index (χ4v) is 3.01. The van der Waals surface area contributed by atoms with Gasteiger partial charge < -0.3 is 15.2 Å². The van der Waals surface area contributed by atoms with Gasteiger partial charge in [0, 0.05) is 12.6 Å². The van der Waals surface area contributed by atoms with Crippen LogP contribution in [0.25, 0.3) is 11.0 Å². The number of aromatic nitrogens is 2. The van der Waals surface area contributed by atoms with Crippen molar-refractivity contribution in [2.24, 2.45) is 0 Å². The first-order valence-electron chi connectivity index (χ1n) is 7.65. The minimum Gasteiger partial charge on any atom is -0.342 e. The number of nitrogens with zero attached hydrogens (tertiary/aromatic N) is 2. The quantitative estimate of drug-likeness (QED) is 0.898. The Morgan fingerprint density at radius 2 is 2.15 bits per heavy atom. The molecule has 0 aliphatic carbocycles. The van der Waals surface area contributed by atoms with Crippen LogP contribution < -0.4 is 5.32 Å². The van der Waals surface area contributed by atoms with Gasteiger partial charge in [0.2, 0.25) is 0 Å². The van der Waals surface area contributed by atoms with E-state index in [1.54, 1.807) is 0 Å². The standard InChI is InChI=1S/C16H24N4/c1-3-20-8-6-14(7-9-20)17-11-13-4-5-15-16(10-13)19-12(2)18-15/h4-5,10,14,17H,3,6-9,11H2,1-2H3,(H,18,19). The fourth-order valence-electron chi connectivity index (χ4n) is 3.01. The van der Waals surface area contributed by atoms with Gasteiger partial charge in [-0.25, -0.2) is 4.98 Å². The zero-order valence-electron chi connectivity index (χ0n) is 12.4. The molecule has 1 aliphatic rings. The van der Waals surface area contributed by atoms with E-state index in [1.165, 1.54) is 38.0 Å². The van der Waals surface area contributed by atoms with E-state index < -0.39 is 0 Å². The first-order chi connectivity index (χ1) is 9.74. The van der Waals surface area contributed by atoms with E-state index in [-0.39, 0.29) is 0 Å².